The van der Waals surface area contributed by atoms with Crippen LogP contribution in [0.5, 0.6) is 0 Å². The molecule has 2 aromatic carbocycles. The fourth-order valence-electron chi connectivity index (χ4n) is 2.78. The molecule has 8 heteroatoms. The Labute approximate surface area is 161 Å². The number of rotatable bonds is 5. The first kappa shape index (κ1) is 18.8. The predicted octanol–water partition coefficient (Wildman–Crippen LogP) is 3.12. The smallest absolute Gasteiger partial charge is 0.254 e. The molecule has 140 valence electrons. The lowest BCUT2D eigenvalue weighted by molar-refractivity contribution is -0.116. The number of hydrogen-bond donors (Lipinski definition) is 1. The van der Waals surface area contributed by atoms with E-state index in [2.05, 4.69) is 15.6 Å². The number of likely N-dealkylation sites (N-methyl/N-ethyl adjacent to an activating group) is 1. The largest absolute Gasteiger partial charge is 0.332 e. The number of carbonyl (C=O) groups is 2. The van der Waals surface area contributed by atoms with Crippen molar-refractivity contribution in [2.75, 3.05) is 18.9 Å². The van der Waals surface area contributed by atoms with Gasteiger partial charge in [0.2, 0.25) is 5.91 Å². The molecule has 3 rings (SSSR count). The number of nitrogens with zero attached hydrogens (tertiary/aromatic N) is 4. The molecule has 0 unspecified atom stereocenters. The SMILES string of the molecule is CCn1nnc2cc(C(=O)N(C)CC(=O)Nc3cccc(Cl)c3C)ccc21. The highest BCUT2D eigenvalue weighted by molar-refractivity contribution is 6.31. The van der Waals surface area contributed by atoms with E-state index in [1.165, 1.54) is 4.90 Å². The zero-order valence-corrected chi connectivity index (χ0v) is 16.1. The van der Waals surface area contributed by atoms with Crippen molar-refractivity contribution in [3.05, 3.63) is 52.5 Å². The number of carbonyl (C=O) groups excluding carboxylic acids is 2. The highest BCUT2D eigenvalue weighted by atomic mass is 35.5. The van der Waals surface area contributed by atoms with E-state index in [1.807, 2.05) is 19.9 Å². The molecule has 27 heavy (non-hydrogen) atoms. The van der Waals surface area contributed by atoms with Crippen LogP contribution in [0, 0.1) is 6.92 Å². The van der Waals surface area contributed by atoms with Crippen molar-refractivity contribution < 1.29 is 9.59 Å². The minimum absolute atomic E-state index is 0.0789. The quantitative estimate of drug-likeness (QED) is 0.731. The lowest BCUT2D eigenvalue weighted by Gasteiger charge is -2.17. The second-order valence-corrected chi connectivity index (χ2v) is 6.64. The molecule has 1 aromatic heterocycles. The van der Waals surface area contributed by atoms with Crippen LogP contribution in [0.3, 0.4) is 0 Å². The van der Waals surface area contributed by atoms with Crippen LogP contribution >= 0.6 is 11.6 Å². The number of hydrogen-bond acceptors (Lipinski definition) is 4. The van der Waals surface area contributed by atoms with Gasteiger partial charge in [-0.3, -0.25) is 9.59 Å². The van der Waals surface area contributed by atoms with Crippen LogP contribution in [-0.4, -0.2) is 45.3 Å². The zero-order chi connectivity index (χ0) is 19.6. The van der Waals surface area contributed by atoms with E-state index in [0.29, 0.717) is 28.3 Å². The van der Waals surface area contributed by atoms with Crippen LogP contribution in [0.25, 0.3) is 11.0 Å². The van der Waals surface area contributed by atoms with Gasteiger partial charge in [0, 0.05) is 29.9 Å². The van der Waals surface area contributed by atoms with Gasteiger partial charge in [0.1, 0.15) is 5.52 Å². The molecule has 0 fully saturated rings. The monoisotopic (exact) mass is 385 g/mol. The van der Waals surface area contributed by atoms with Crippen molar-refractivity contribution in [3.8, 4) is 0 Å². The molecule has 0 aliphatic rings. The molecule has 0 aliphatic heterocycles. The second kappa shape index (κ2) is 7.75. The third-order valence-corrected chi connectivity index (χ3v) is 4.74. The van der Waals surface area contributed by atoms with E-state index in [1.54, 1.807) is 42.1 Å². The van der Waals surface area contributed by atoms with E-state index < -0.39 is 0 Å². The summed E-state index contributed by atoms with van der Waals surface area (Å²) in [5.41, 5.74) is 3.39. The summed E-state index contributed by atoms with van der Waals surface area (Å²) in [6, 6.07) is 10.5. The predicted molar refractivity (Wildman–Crippen MR) is 105 cm³/mol. The van der Waals surface area contributed by atoms with E-state index in [0.717, 1.165) is 11.1 Å². The first-order chi connectivity index (χ1) is 12.9. The summed E-state index contributed by atoms with van der Waals surface area (Å²) in [4.78, 5) is 26.3. The third-order valence-electron chi connectivity index (χ3n) is 4.33. The Balaban J connectivity index is 1.70. The van der Waals surface area contributed by atoms with Crippen LogP contribution in [-0.2, 0) is 11.3 Å². The number of fused-ring (bicyclic) bond motifs is 1. The number of anilines is 1. The molecule has 3 aromatic rings. The molecule has 0 aliphatic carbocycles. The first-order valence-corrected chi connectivity index (χ1v) is 8.92. The summed E-state index contributed by atoms with van der Waals surface area (Å²) >= 11 is 6.06. The molecule has 1 heterocycles. The number of aromatic nitrogens is 3. The van der Waals surface area contributed by atoms with Gasteiger partial charge in [-0.25, -0.2) is 4.68 Å². The Hall–Kier alpha value is -2.93. The topological polar surface area (TPSA) is 80.1 Å². The summed E-state index contributed by atoms with van der Waals surface area (Å²) in [6.07, 6.45) is 0. The minimum atomic E-state index is -0.297. The standard InChI is InChI=1S/C19H20ClN5O2/c1-4-25-17-9-8-13(10-16(17)22-23-25)19(27)24(3)11-18(26)21-15-7-5-6-14(20)12(15)2/h5-10H,4,11H2,1-3H3,(H,21,26). The summed E-state index contributed by atoms with van der Waals surface area (Å²) in [5, 5.41) is 11.5. The summed E-state index contributed by atoms with van der Waals surface area (Å²) < 4.78 is 1.76. The number of amides is 2. The summed E-state index contributed by atoms with van der Waals surface area (Å²) in [6.45, 7) is 4.42. The highest BCUT2D eigenvalue weighted by Crippen LogP contribution is 2.23. The molecule has 0 saturated heterocycles. The van der Waals surface area contributed by atoms with Gasteiger partial charge in [-0.15, -0.1) is 5.10 Å². The molecule has 0 spiro atoms. The lowest BCUT2D eigenvalue weighted by atomic mass is 10.1. The van der Waals surface area contributed by atoms with Crippen LogP contribution in [0.2, 0.25) is 5.02 Å². The fourth-order valence-corrected chi connectivity index (χ4v) is 2.95. The van der Waals surface area contributed by atoms with Crippen LogP contribution in [0.1, 0.15) is 22.8 Å². The van der Waals surface area contributed by atoms with Crippen LogP contribution < -0.4 is 5.32 Å². The van der Waals surface area contributed by atoms with Gasteiger partial charge in [-0.2, -0.15) is 0 Å². The Kier molecular flexibility index (Phi) is 5.41. The van der Waals surface area contributed by atoms with Gasteiger partial charge in [0.05, 0.1) is 12.1 Å². The maximum absolute atomic E-state index is 12.6. The van der Waals surface area contributed by atoms with Crippen molar-refractivity contribution in [2.24, 2.45) is 0 Å². The molecule has 1 N–H and O–H groups in total. The van der Waals surface area contributed by atoms with Crippen molar-refractivity contribution in [1.82, 2.24) is 19.9 Å². The van der Waals surface area contributed by atoms with Gasteiger partial charge in [-0.1, -0.05) is 22.9 Å². The maximum atomic E-state index is 12.6. The Bertz CT molecular complexity index is 1010. The van der Waals surface area contributed by atoms with Crippen molar-refractivity contribution in [1.29, 1.82) is 0 Å². The summed E-state index contributed by atoms with van der Waals surface area (Å²) in [7, 11) is 1.58. The minimum Gasteiger partial charge on any atom is -0.332 e. The number of aryl methyl sites for hydroxylation is 1. The van der Waals surface area contributed by atoms with E-state index in [-0.39, 0.29) is 18.4 Å². The molecular weight excluding hydrogens is 366 g/mol. The highest BCUT2D eigenvalue weighted by Gasteiger charge is 2.17. The molecule has 0 atom stereocenters. The van der Waals surface area contributed by atoms with Gasteiger partial charge in [-0.05, 0) is 49.7 Å². The lowest BCUT2D eigenvalue weighted by Crippen LogP contribution is -2.35. The molecule has 2 amide bonds. The molecule has 0 radical (unpaired) electrons. The first-order valence-electron chi connectivity index (χ1n) is 8.54. The number of nitrogens with one attached hydrogen (secondary N) is 1. The Morgan fingerprint density at radius 1 is 1.26 bits per heavy atom. The van der Waals surface area contributed by atoms with Crippen molar-refractivity contribution >= 4 is 40.1 Å². The maximum Gasteiger partial charge on any atom is 0.254 e. The second-order valence-electron chi connectivity index (χ2n) is 6.23. The Morgan fingerprint density at radius 3 is 2.78 bits per heavy atom. The molecule has 0 bridgehead atoms. The van der Waals surface area contributed by atoms with Crippen molar-refractivity contribution in [3.63, 3.8) is 0 Å². The van der Waals surface area contributed by atoms with E-state index in [9.17, 15) is 9.59 Å². The normalized spacial score (nSPS) is 10.8. The fraction of sp³-hybridized carbons (Fsp3) is 0.263. The molecule has 7 nitrogen and oxygen atoms in total. The number of benzene rings is 2. The van der Waals surface area contributed by atoms with Gasteiger partial charge >= 0.3 is 0 Å². The van der Waals surface area contributed by atoms with E-state index >= 15 is 0 Å². The van der Waals surface area contributed by atoms with Gasteiger partial charge in [0.25, 0.3) is 5.91 Å². The third kappa shape index (κ3) is 3.93. The van der Waals surface area contributed by atoms with Gasteiger partial charge < -0.3 is 10.2 Å². The molecular formula is C19H20ClN5O2. The zero-order valence-electron chi connectivity index (χ0n) is 15.4. The molecule has 0 saturated carbocycles. The number of halogens is 1. The van der Waals surface area contributed by atoms with E-state index in [4.69, 9.17) is 11.6 Å². The van der Waals surface area contributed by atoms with Crippen LogP contribution in [0.4, 0.5) is 5.69 Å². The van der Waals surface area contributed by atoms with Crippen molar-refractivity contribution in [2.45, 2.75) is 20.4 Å². The Morgan fingerprint density at radius 2 is 2.04 bits per heavy atom. The average Bonchev–Trinajstić information content (AvgIpc) is 3.07. The summed E-state index contributed by atoms with van der Waals surface area (Å²) in [5.74, 6) is -0.560. The average molecular weight is 386 g/mol. The van der Waals surface area contributed by atoms with Crippen LogP contribution in [0.15, 0.2) is 36.4 Å². The van der Waals surface area contributed by atoms with Gasteiger partial charge in [0.15, 0.2) is 0 Å².